The van der Waals surface area contributed by atoms with E-state index in [1.54, 1.807) is 0 Å². The van der Waals surface area contributed by atoms with Gasteiger partial charge in [-0.1, -0.05) is 6.42 Å². The van der Waals surface area contributed by atoms with Gasteiger partial charge in [0.25, 0.3) is 0 Å². The maximum absolute atomic E-state index is 11.9. The summed E-state index contributed by atoms with van der Waals surface area (Å²) in [5.41, 5.74) is 0. The minimum atomic E-state index is -0.881. The number of carboxylic acids is 1. The van der Waals surface area contributed by atoms with Crippen molar-refractivity contribution in [1.29, 1.82) is 0 Å². The van der Waals surface area contributed by atoms with Crippen molar-refractivity contribution < 1.29 is 19.5 Å². The number of amides is 3. The SMILES string of the molecule is CC(C)NC(=O)CN(C)C(=O)NC1CCCC1C(=O)O. The Hall–Kier alpha value is -1.79. The first-order valence-corrected chi connectivity index (χ1v) is 6.85. The van der Waals surface area contributed by atoms with Gasteiger partial charge in [0.1, 0.15) is 6.54 Å². The lowest BCUT2D eigenvalue weighted by Gasteiger charge is -2.23. The molecule has 0 aromatic rings. The second-order valence-corrected chi connectivity index (χ2v) is 5.51. The van der Waals surface area contributed by atoms with Crippen molar-refractivity contribution in [2.75, 3.05) is 13.6 Å². The van der Waals surface area contributed by atoms with Gasteiger partial charge in [0.15, 0.2) is 0 Å². The zero-order valence-electron chi connectivity index (χ0n) is 12.2. The van der Waals surface area contributed by atoms with Gasteiger partial charge in [-0.3, -0.25) is 9.59 Å². The fraction of sp³-hybridized carbons (Fsp3) is 0.769. The Labute approximate surface area is 118 Å². The zero-order valence-corrected chi connectivity index (χ0v) is 12.2. The lowest BCUT2D eigenvalue weighted by atomic mass is 10.0. The molecule has 0 aromatic carbocycles. The van der Waals surface area contributed by atoms with Gasteiger partial charge >= 0.3 is 12.0 Å². The highest BCUT2D eigenvalue weighted by atomic mass is 16.4. The Bertz CT molecular complexity index is 384. The van der Waals surface area contributed by atoms with Crippen molar-refractivity contribution >= 4 is 17.9 Å². The summed E-state index contributed by atoms with van der Waals surface area (Å²) in [7, 11) is 1.51. The summed E-state index contributed by atoms with van der Waals surface area (Å²) in [5, 5.41) is 14.4. The van der Waals surface area contributed by atoms with Crippen LogP contribution in [0.4, 0.5) is 4.79 Å². The molecule has 114 valence electrons. The maximum atomic E-state index is 11.9. The van der Waals surface area contributed by atoms with E-state index in [1.807, 2.05) is 13.8 Å². The van der Waals surface area contributed by atoms with Crippen LogP contribution in [0.1, 0.15) is 33.1 Å². The average Bonchev–Trinajstić information content (AvgIpc) is 2.75. The van der Waals surface area contributed by atoms with Crippen LogP contribution in [-0.2, 0) is 9.59 Å². The molecule has 1 saturated carbocycles. The number of carbonyl (C=O) groups excluding carboxylic acids is 2. The first-order valence-electron chi connectivity index (χ1n) is 6.85. The van der Waals surface area contributed by atoms with Crippen LogP contribution in [0.2, 0.25) is 0 Å². The summed E-state index contributed by atoms with van der Waals surface area (Å²) in [6, 6.07) is -0.747. The molecule has 0 spiro atoms. The van der Waals surface area contributed by atoms with Gasteiger partial charge in [-0.2, -0.15) is 0 Å². The summed E-state index contributed by atoms with van der Waals surface area (Å²) in [4.78, 5) is 35.8. The Balaban J connectivity index is 2.45. The number of nitrogens with one attached hydrogen (secondary N) is 2. The average molecular weight is 285 g/mol. The van der Waals surface area contributed by atoms with Gasteiger partial charge in [-0.05, 0) is 26.7 Å². The van der Waals surface area contributed by atoms with Crippen LogP contribution < -0.4 is 10.6 Å². The van der Waals surface area contributed by atoms with E-state index < -0.39 is 17.9 Å². The highest BCUT2D eigenvalue weighted by Crippen LogP contribution is 2.25. The van der Waals surface area contributed by atoms with E-state index in [-0.39, 0.29) is 24.5 Å². The van der Waals surface area contributed by atoms with E-state index in [0.29, 0.717) is 12.8 Å². The summed E-state index contributed by atoms with van der Waals surface area (Å²) in [6.45, 7) is 3.64. The third-order valence-electron chi connectivity index (χ3n) is 3.32. The fourth-order valence-corrected chi connectivity index (χ4v) is 2.35. The number of rotatable bonds is 5. The number of urea groups is 1. The summed E-state index contributed by atoms with van der Waals surface area (Å²) in [5.74, 6) is -1.65. The van der Waals surface area contributed by atoms with Crippen LogP contribution in [-0.4, -0.2) is 53.6 Å². The molecular weight excluding hydrogens is 262 g/mol. The quantitative estimate of drug-likeness (QED) is 0.681. The van der Waals surface area contributed by atoms with Gasteiger partial charge in [0.2, 0.25) is 5.91 Å². The molecule has 2 atom stereocenters. The van der Waals surface area contributed by atoms with Crippen molar-refractivity contribution in [2.45, 2.75) is 45.2 Å². The van der Waals surface area contributed by atoms with Gasteiger partial charge in [0.05, 0.1) is 5.92 Å². The molecule has 7 heteroatoms. The molecule has 0 saturated heterocycles. The van der Waals surface area contributed by atoms with Crippen LogP contribution in [0.3, 0.4) is 0 Å². The zero-order chi connectivity index (χ0) is 15.3. The van der Waals surface area contributed by atoms with Crippen LogP contribution in [0.25, 0.3) is 0 Å². The normalized spacial score (nSPS) is 21.6. The smallest absolute Gasteiger partial charge is 0.317 e. The fourth-order valence-electron chi connectivity index (χ4n) is 2.35. The standard InChI is InChI=1S/C13H23N3O4/c1-8(2)14-11(17)7-16(3)13(20)15-10-6-4-5-9(10)12(18)19/h8-10H,4-7H2,1-3H3,(H,14,17)(H,15,20)(H,18,19). The van der Waals surface area contributed by atoms with E-state index in [0.717, 1.165) is 6.42 Å². The first kappa shape index (κ1) is 16.3. The lowest BCUT2D eigenvalue weighted by molar-refractivity contribution is -0.142. The molecule has 0 radical (unpaired) electrons. The largest absolute Gasteiger partial charge is 0.481 e. The van der Waals surface area contributed by atoms with Crippen molar-refractivity contribution in [3.05, 3.63) is 0 Å². The molecule has 2 unspecified atom stereocenters. The Morgan fingerprint density at radius 1 is 1.30 bits per heavy atom. The van der Waals surface area contributed by atoms with E-state index in [1.165, 1.54) is 11.9 Å². The van der Waals surface area contributed by atoms with E-state index in [4.69, 9.17) is 5.11 Å². The molecule has 0 aliphatic heterocycles. The second-order valence-electron chi connectivity index (χ2n) is 5.51. The Morgan fingerprint density at radius 3 is 2.50 bits per heavy atom. The van der Waals surface area contributed by atoms with Crippen LogP contribution in [0.15, 0.2) is 0 Å². The van der Waals surface area contributed by atoms with Crippen LogP contribution in [0, 0.1) is 5.92 Å². The second kappa shape index (κ2) is 7.12. The molecule has 1 rings (SSSR count). The highest BCUT2D eigenvalue weighted by Gasteiger charge is 2.34. The third kappa shape index (κ3) is 4.71. The molecular formula is C13H23N3O4. The Morgan fingerprint density at radius 2 is 1.95 bits per heavy atom. The minimum Gasteiger partial charge on any atom is -0.481 e. The molecule has 1 fully saturated rings. The van der Waals surface area contributed by atoms with E-state index in [2.05, 4.69) is 10.6 Å². The molecule has 1 aliphatic rings. The molecule has 0 aromatic heterocycles. The van der Waals surface area contributed by atoms with Gasteiger partial charge in [0, 0.05) is 19.1 Å². The van der Waals surface area contributed by atoms with Crippen LogP contribution >= 0.6 is 0 Å². The lowest BCUT2D eigenvalue weighted by Crippen LogP contribution is -2.49. The number of nitrogens with zero attached hydrogens (tertiary/aromatic N) is 1. The summed E-state index contributed by atoms with van der Waals surface area (Å²) in [6.07, 6.45) is 2.03. The predicted octanol–water partition coefficient (Wildman–Crippen LogP) is 0.406. The summed E-state index contributed by atoms with van der Waals surface area (Å²) < 4.78 is 0. The van der Waals surface area contributed by atoms with Crippen molar-refractivity contribution in [3.8, 4) is 0 Å². The topological polar surface area (TPSA) is 98.7 Å². The number of carbonyl (C=O) groups is 3. The molecule has 7 nitrogen and oxygen atoms in total. The predicted molar refractivity (Wildman–Crippen MR) is 73.2 cm³/mol. The number of carboxylic acid groups (broad SMARTS) is 1. The molecule has 0 bridgehead atoms. The first-order chi connectivity index (χ1) is 9.31. The number of hydrogen-bond donors (Lipinski definition) is 3. The van der Waals surface area contributed by atoms with Gasteiger partial charge in [-0.15, -0.1) is 0 Å². The number of aliphatic carboxylic acids is 1. The molecule has 1 aliphatic carbocycles. The number of hydrogen-bond acceptors (Lipinski definition) is 3. The minimum absolute atomic E-state index is 0.0187. The van der Waals surface area contributed by atoms with Crippen molar-refractivity contribution in [3.63, 3.8) is 0 Å². The van der Waals surface area contributed by atoms with E-state index >= 15 is 0 Å². The van der Waals surface area contributed by atoms with Gasteiger partial charge < -0.3 is 20.6 Å². The third-order valence-corrected chi connectivity index (χ3v) is 3.32. The summed E-state index contributed by atoms with van der Waals surface area (Å²) >= 11 is 0. The molecule has 20 heavy (non-hydrogen) atoms. The molecule has 3 amide bonds. The highest BCUT2D eigenvalue weighted by molar-refractivity contribution is 5.84. The van der Waals surface area contributed by atoms with Crippen molar-refractivity contribution in [1.82, 2.24) is 15.5 Å². The van der Waals surface area contributed by atoms with Gasteiger partial charge in [-0.25, -0.2) is 4.79 Å². The van der Waals surface area contributed by atoms with Crippen LogP contribution in [0.5, 0.6) is 0 Å². The van der Waals surface area contributed by atoms with E-state index in [9.17, 15) is 14.4 Å². The monoisotopic (exact) mass is 285 g/mol. The Kier molecular flexibility index (Phi) is 5.79. The molecule has 0 heterocycles. The molecule has 3 N–H and O–H groups in total. The number of likely N-dealkylation sites (N-methyl/N-ethyl adjacent to an activating group) is 1. The van der Waals surface area contributed by atoms with Crippen molar-refractivity contribution in [2.24, 2.45) is 5.92 Å². The maximum Gasteiger partial charge on any atom is 0.317 e.